The molecule has 0 aliphatic heterocycles. The van der Waals surface area contributed by atoms with E-state index in [0.29, 0.717) is 23.2 Å². The zero-order valence-electron chi connectivity index (χ0n) is 32.3. The van der Waals surface area contributed by atoms with Crippen LogP contribution in [-0.2, 0) is 39.3 Å². The third-order valence-corrected chi connectivity index (χ3v) is 10.1. The molecule has 0 bridgehead atoms. The summed E-state index contributed by atoms with van der Waals surface area (Å²) in [6.45, 7) is 6.03. The number of unbranched alkanes of at least 4 members (excludes halogenated alkanes) is 1. The monoisotopic (exact) mass is 780 g/mol. The van der Waals surface area contributed by atoms with E-state index in [9.17, 15) is 4.79 Å². The number of nitrogens with zero attached hydrogens (tertiary/aromatic N) is 6. The van der Waals surface area contributed by atoms with Crippen LogP contribution in [0.4, 0.5) is 4.79 Å². The van der Waals surface area contributed by atoms with Gasteiger partial charge in [0.05, 0.1) is 18.4 Å². The lowest BCUT2D eigenvalue weighted by atomic mass is 9.77. The minimum atomic E-state index is -0.883. The first-order valence-corrected chi connectivity index (χ1v) is 19.6. The highest BCUT2D eigenvalue weighted by atomic mass is 35.5. The molecule has 0 aliphatic carbocycles. The van der Waals surface area contributed by atoms with Crippen LogP contribution in [0, 0.1) is 0 Å². The molecule has 11 heteroatoms. The van der Waals surface area contributed by atoms with Gasteiger partial charge in [-0.15, -0.1) is 5.10 Å². The fourth-order valence-electron chi connectivity index (χ4n) is 7.20. The van der Waals surface area contributed by atoms with Gasteiger partial charge < -0.3 is 18.8 Å². The van der Waals surface area contributed by atoms with Crippen molar-refractivity contribution < 1.29 is 19.0 Å². The minimum absolute atomic E-state index is 0.115. The number of hydrogen-bond donors (Lipinski definition) is 0. The SMILES string of the molecule is CCCCc1nc(Cl)c(COCOC(=O)OC(C)C)n1Cc1ccc(-c2ccccc2-c2nnnn2C(c2ccccc2)(c2ccccc2)c2ccccc2)cc1. The first kappa shape index (κ1) is 39.1. The van der Waals surface area contributed by atoms with Crippen LogP contribution in [0.3, 0.4) is 0 Å². The largest absolute Gasteiger partial charge is 0.510 e. The van der Waals surface area contributed by atoms with Crippen molar-refractivity contribution in [1.29, 1.82) is 0 Å². The summed E-state index contributed by atoms with van der Waals surface area (Å²) in [5.41, 5.74) is 6.87. The quantitative estimate of drug-likeness (QED) is 0.0413. The molecule has 0 amide bonds. The minimum Gasteiger partial charge on any atom is -0.432 e. The predicted octanol–water partition coefficient (Wildman–Crippen LogP) is 10.1. The second-order valence-electron chi connectivity index (χ2n) is 13.9. The Labute approximate surface area is 338 Å². The van der Waals surface area contributed by atoms with Crippen LogP contribution >= 0.6 is 11.6 Å². The zero-order chi connectivity index (χ0) is 39.6. The molecule has 2 aromatic heterocycles. The second-order valence-corrected chi connectivity index (χ2v) is 14.3. The Morgan fingerprint density at radius 1 is 0.772 bits per heavy atom. The van der Waals surface area contributed by atoms with Gasteiger partial charge in [0.15, 0.2) is 17.8 Å². The van der Waals surface area contributed by atoms with Gasteiger partial charge in [-0.25, -0.2) is 14.5 Å². The summed E-state index contributed by atoms with van der Waals surface area (Å²) < 4.78 is 19.8. The first-order chi connectivity index (χ1) is 27.9. The molecule has 0 radical (unpaired) electrons. The lowest BCUT2D eigenvalue weighted by Crippen LogP contribution is -2.39. The van der Waals surface area contributed by atoms with Gasteiger partial charge in [0.1, 0.15) is 11.4 Å². The van der Waals surface area contributed by atoms with Crippen LogP contribution in [0.15, 0.2) is 140 Å². The Balaban J connectivity index is 1.23. The van der Waals surface area contributed by atoms with Crippen molar-refractivity contribution in [1.82, 2.24) is 29.8 Å². The van der Waals surface area contributed by atoms with E-state index in [0.717, 1.165) is 64.0 Å². The summed E-state index contributed by atoms with van der Waals surface area (Å²) in [6, 6.07) is 47.9. The van der Waals surface area contributed by atoms with E-state index in [4.69, 9.17) is 41.1 Å². The normalized spacial score (nSPS) is 11.5. The number of rotatable bonds is 16. The molecule has 0 atom stereocenters. The number of aromatic nitrogens is 6. The topological polar surface area (TPSA) is 106 Å². The molecule has 0 aliphatic rings. The summed E-state index contributed by atoms with van der Waals surface area (Å²) >= 11 is 6.68. The second kappa shape index (κ2) is 18.2. The van der Waals surface area contributed by atoms with Crippen molar-refractivity contribution in [3.8, 4) is 22.5 Å². The number of carbonyl (C=O) groups excluding carboxylic acids is 1. The number of tetrazole rings is 1. The maximum atomic E-state index is 11.8. The van der Waals surface area contributed by atoms with E-state index in [2.05, 4.69) is 126 Å². The molecule has 0 spiro atoms. The number of aryl methyl sites for hydroxylation is 1. The third kappa shape index (κ3) is 8.52. The summed E-state index contributed by atoms with van der Waals surface area (Å²) in [5, 5.41) is 14.2. The molecule has 0 saturated carbocycles. The number of halogens is 1. The first-order valence-electron chi connectivity index (χ1n) is 19.2. The molecule has 0 fully saturated rings. The molecule has 5 aromatic carbocycles. The molecule has 2 heterocycles. The van der Waals surface area contributed by atoms with Crippen molar-refractivity contribution in [2.75, 3.05) is 6.79 Å². The molecule has 0 saturated heterocycles. The van der Waals surface area contributed by atoms with Crippen LogP contribution in [0.2, 0.25) is 5.15 Å². The Morgan fingerprint density at radius 3 is 1.93 bits per heavy atom. The number of imidazole rings is 1. The van der Waals surface area contributed by atoms with Gasteiger partial charge in [-0.1, -0.05) is 164 Å². The van der Waals surface area contributed by atoms with Crippen LogP contribution in [0.1, 0.15) is 67.4 Å². The average Bonchev–Trinajstić information content (AvgIpc) is 3.84. The molecule has 10 nitrogen and oxygen atoms in total. The van der Waals surface area contributed by atoms with Gasteiger partial charge in [-0.05, 0) is 64.1 Å². The maximum Gasteiger partial charge on any atom is 0.510 e. The number of ether oxygens (including phenoxy) is 3. The third-order valence-electron chi connectivity index (χ3n) is 9.82. The highest BCUT2D eigenvalue weighted by Gasteiger charge is 2.42. The molecule has 0 N–H and O–H groups in total. The average molecular weight is 781 g/mol. The molecule has 7 aromatic rings. The van der Waals surface area contributed by atoms with E-state index in [1.54, 1.807) is 13.8 Å². The van der Waals surface area contributed by atoms with Gasteiger partial charge in [0.2, 0.25) is 0 Å². The van der Waals surface area contributed by atoms with E-state index in [1.807, 2.05) is 35.0 Å². The van der Waals surface area contributed by atoms with Crippen molar-refractivity contribution in [3.63, 3.8) is 0 Å². The van der Waals surface area contributed by atoms with Crippen molar-refractivity contribution >= 4 is 17.8 Å². The van der Waals surface area contributed by atoms with Crippen molar-refractivity contribution in [2.24, 2.45) is 0 Å². The Bertz CT molecular complexity index is 2270. The number of benzene rings is 5. The predicted molar refractivity (Wildman–Crippen MR) is 221 cm³/mol. The maximum absolute atomic E-state index is 11.8. The molecule has 7 rings (SSSR count). The molecule has 0 unspecified atom stereocenters. The van der Waals surface area contributed by atoms with Gasteiger partial charge in [0.25, 0.3) is 0 Å². The standard InChI is InChI=1S/C46H45ClN6O4/c1-4-5-25-42-48-43(47)41(31-55-32-56-45(54)57-33(2)3)52(42)30-34-26-28-35(29-27-34)39-23-15-16-24-40(39)44-49-50-51-53(44)46(36-17-9-6-10-18-36,37-19-11-7-12-20-37)38-21-13-8-14-22-38/h6-24,26-29,33H,4-5,25,30-32H2,1-3H3. The van der Waals surface area contributed by atoms with E-state index < -0.39 is 11.7 Å². The Kier molecular flexibility index (Phi) is 12.5. The van der Waals surface area contributed by atoms with Crippen LogP contribution in [0.5, 0.6) is 0 Å². The van der Waals surface area contributed by atoms with E-state index in [-0.39, 0.29) is 19.5 Å². The summed E-state index contributed by atoms with van der Waals surface area (Å²) in [6.07, 6.45) is 1.68. The summed E-state index contributed by atoms with van der Waals surface area (Å²) in [7, 11) is 0. The van der Waals surface area contributed by atoms with Crippen LogP contribution in [0.25, 0.3) is 22.5 Å². The fourth-order valence-corrected chi connectivity index (χ4v) is 7.45. The molecule has 290 valence electrons. The smallest absolute Gasteiger partial charge is 0.432 e. The molecule has 57 heavy (non-hydrogen) atoms. The van der Waals surface area contributed by atoms with Gasteiger partial charge in [-0.2, -0.15) is 0 Å². The molecular weight excluding hydrogens is 736 g/mol. The highest BCUT2D eigenvalue weighted by molar-refractivity contribution is 6.30. The fraction of sp³-hybridized carbons (Fsp3) is 0.239. The van der Waals surface area contributed by atoms with Crippen molar-refractivity contribution in [3.05, 3.63) is 178 Å². The van der Waals surface area contributed by atoms with Gasteiger partial charge in [0, 0.05) is 18.5 Å². The van der Waals surface area contributed by atoms with Crippen LogP contribution in [-0.4, -0.2) is 48.8 Å². The summed E-state index contributed by atoms with van der Waals surface area (Å²) in [5.74, 6) is 1.51. The lowest BCUT2D eigenvalue weighted by Gasteiger charge is -2.36. The lowest BCUT2D eigenvalue weighted by molar-refractivity contribution is -0.0588. The van der Waals surface area contributed by atoms with Crippen molar-refractivity contribution in [2.45, 2.75) is 64.8 Å². The van der Waals surface area contributed by atoms with Gasteiger partial charge in [-0.3, -0.25) is 0 Å². The van der Waals surface area contributed by atoms with Gasteiger partial charge >= 0.3 is 6.16 Å². The van der Waals surface area contributed by atoms with E-state index >= 15 is 0 Å². The van der Waals surface area contributed by atoms with Crippen LogP contribution < -0.4 is 0 Å². The van der Waals surface area contributed by atoms with E-state index in [1.165, 1.54) is 0 Å². The molecular formula is C46H45ClN6O4. The summed E-state index contributed by atoms with van der Waals surface area (Å²) in [4.78, 5) is 16.5. The number of hydrogen-bond acceptors (Lipinski definition) is 8. The Hall–Kier alpha value is -6.10. The highest BCUT2D eigenvalue weighted by Crippen LogP contribution is 2.43. The Morgan fingerprint density at radius 2 is 1.35 bits per heavy atom. The number of carbonyl (C=O) groups is 1. The zero-order valence-corrected chi connectivity index (χ0v) is 33.0.